The van der Waals surface area contributed by atoms with E-state index in [9.17, 15) is 35.8 Å². The normalized spacial score (nSPS) is 12.8. The number of aryl methyl sites for hydroxylation is 1. The van der Waals surface area contributed by atoms with Crippen molar-refractivity contribution >= 4 is 64.0 Å². The number of rotatable bonds is 4. The van der Waals surface area contributed by atoms with Crippen LogP contribution in [0, 0.1) is 0 Å². The van der Waals surface area contributed by atoms with Gasteiger partial charge in [0.2, 0.25) is 0 Å². The number of aromatic hydroxyl groups is 1. The van der Waals surface area contributed by atoms with E-state index in [1.165, 1.54) is 27.6 Å². The fraction of sp³-hybridized carbons (Fsp3) is 0.0556. The van der Waals surface area contributed by atoms with E-state index in [1.54, 1.807) is 13.1 Å². The lowest BCUT2D eigenvalue weighted by Crippen LogP contribution is -2.07. The fourth-order valence-corrected chi connectivity index (χ4v) is 5.10. The summed E-state index contributed by atoms with van der Waals surface area (Å²) in [4.78, 5) is 10.8. The zero-order valence-electron chi connectivity index (χ0n) is 16.0. The summed E-state index contributed by atoms with van der Waals surface area (Å²) >= 11 is 1.23. The maximum atomic E-state index is 12.1. The molecule has 0 aliphatic carbocycles. The van der Waals surface area contributed by atoms with Crippen LogP contribution in [0.15, 0.2) is 67.3 Å². The number of hydrogen-bond donors (Lipinski definition) is 3. The maximum absolute atomic E-state index is 12.1. The minimum Gasteiger partial charge on any atom is -0.505 e. The number of phenolic OH excluding ortho intramolecular Hbond substituents is 1. The van der Waals surface area contributed by atoms with Gasteiger partial charge in [-0.3, -0.25) is 17.9 Å². The minimum atomic E-state index is -4.92. The van der Waals surface area contributed by atoms with E-state index in [0.717, 1.165) is 24.3 Å². The van der Waals surface area contributed by atoms with Crippen molar-refractivity contribution in [2.45, 2.75) is 9.79 Å². The summed E-state index contributed by atoms with van der Waals surface area (Å²) in [5, 5.41) is 18.5. The van der Waals surface area contributed by atoms with Crippen LogP contribution in [0.4, 0.5) is 11.4 Å². The molecule has 0 fully saturated rings. The van der Waals surface area contributed by atoms with E-state index in [-0.39, 0.29) is 22.0 Å². The van der Waals surface area contributed by atoms with E-state index in [4.69, 9.17) is 0 Å². The number of fused-ring (bicyclic) bond motifs is 2. The summed E-state index contributed by atoms with van der Waals surface area (Å²) in [5.74, 6) is -0.687. The van der Waals surface area contributed by atoms with Crippen LogP contribution < -0.4 is 5.56 Å². The Morgan fingerprint density at radius 2 is 1.62 bits per heavy atom. The average molecular weight is 496 g/mol. The lowest BCUT2D eigenvalue weighted by molar-refractivity contribution is 0.472. The van der Waals surface area contributed by atoms with Crippen LogP contribution in [-0.4, -0.2) is 35.0 Å². The van der Waals surface area contributed by atoms with Gasteiger partial charge in [-0.1, -0.05) is 11.5 Å². The van der Waals surface area contributed by atoms with Crippen molar-refractivity contribution in [1.82, 2.24) is 3.96 Å². The SMILES string of the molecule is Cn1sc2ccc(N=Nc3c(S(=O)(=O)O)cc4cc(S(=O)(=O)O)ccc4c3O)cc2c1=O. The second kappa shape index (κ2) is 7.46. The first kappa shape index (κ1) is 22.0. The average Bonchev–Trinajstić information content (AvgIpc) is 2.99. The molecule has 0 aliphatic heterocycles. The third kappa shape index (κ3) is 3.89. The molecular formula is C18H13N3O8S3. The van der Waals surface area contributed by atoms with E-state index in [0.29, 0.717) is 10.1 Å². The fourth-order valence-electron chi connectivity index (χ4n) is 3.08. The molecule has 0 atom stereocenters. The van der Waals surface area contributed by atoms with Crippen LogP contribution in [0.2, 0.25) is 0 Å². The number of nitrogens with zero attached hydrogens (tertiary/aromatic N) is 3. The van der Waals surface area contributed by atoms with E-state index in [2.05, 4.69) is 10.2 Å². The van der Waals surface area contributed by atoms with Crippen molar-refractivity contribution in [3.05, 3.63) is 52.8 Å². The number of aromatic nitrogens is 1. The molecule has 0 amide bonds. The Balaban J connectivity index is 1.92. The van der Waals surface area contributed by atoms with Crippen molar-refractivity contribution in [2.75, 3.05) is 0 Å². The monoisotopic (exact) mass is 495 g/mol. The van der Waals surface area contributed by atoms with Gasteiger partial charge in [0.1, 0.15) is 10.6 Å². The molecule has 32 heavy (non-hydrogen) atoms. The van der Waals surface area contributed by atoms with Crippen LogP contribution in [0.5, 0.6) is 5.75 Å². The van der Waals surface area contributed by atoms with Gasteiger partial charge in [0, 0.05) is 12.4 Å². The first-order valence-electron chi connectivity index (χ1n) is 8.63. The van der Waals surface area contributed by atoms with E-state index in [1.807, 2.05) is 0 Å². The number of hydrogen-bond acceptors (Lipinski definition) is 9. The molecule has 3 N–H and O–H groups in total. The molecule has 0 bridgehead atoms. The highest BCUT2D eigenvalue weighted by Gasteiger charge is 2.23. The quantitative estimate of drug-likeness (QED) is 0.285. The number of azo groups is 1. The first-order chi connectivity index (χ1) is 14.9. The molecule has 4 rings (SSSR count). The van der Waals surface area contributed by atoms with Gasteiger partial charge in [-0.25, -0.2) is 0 Å². The third-order valence-electron chi connectivity index (χ3n) is 4.58. The minimum absolute atomic E-state index is 0.000839. The first-order valence-corrected chi connectivity index (χ1v) is 12.3. The second-order valence-corrected chi connectivity index (χ2v) is 10.7. The Morgan fingerprint density at radius 3 is 2.28 bits per heavy atom. The number of phenols is 1. The van der Waals surface area contributed by atoms with Crippen LogP contribution >= 0.6 is 11.5 Å². The maximum Gasteiger partial charge on any atom is 0.296 e. The zero-order valence-corrected chi connectivity index (χ0v) is 18.4. The van der Waals surface area contributed by atoms with Crippen molar-refractivity contribution in [3.8, 4) is 5.75 Å². The summed E-state index contributed by atoms with van der Waals surface area (Å²) in [6.07, 6.45) is 0. The molecule has 1 heterocycles. The Bertz CT molecular complexity index is 1720. The smallest absolute Gasteiger partial charge is 0.296 e. The van der Waals surface area contributed by atoms with Gasteiger partial charge in [0.25, 0.3) is 25.8 Å². The van der Waals surface area contributed by atoms with Gasteiger partial charge in [0.15, 0.2) is 5.75 Å². The number of benzene rings is 3. The zero-order chi connectivity index (χ0) is 23.4. The highest BCUT2D eigenvalue weighted by molar-refractivity contribution is 7.86. The van der Waals surface area contributed by atoms with Gasteiger partial charge >= 0.3 is 0 Å². The van der Waals surface area contributed by atoms with Crippen molar-refractivity contribution in [2.24, 2.45) is 17.3 Å². The molecule has 0 spiro atoms. The highest BCUT2D eigenvalue weighted by Crippen LogP contribution is 2.42. The van der Waals surface area contributed by atoms with Crippen molar-refractivity contribution in [1.29, 1.82) is 0 Å². The standard InChI is InChI=1S/C18H13N3O8S3/c1-21-18(23)13-8-10(2-5-14(13)30-21)19-20-16-15(32(27,28)29)7-9-6-11(31(24,25)26)3-4-12(9)17(16)22/h2-8,22H,1H3,(H,24,25,26)(H,27,28,29). The summed E-state index contributed by atoms with van der Waals surface area (Å²) in [5.41, 5.74) is -0.641. The lowest BCUT2D eigenvalue weighted by atomic mass is 10.1. The van der Waals surface area contributed by atoms with Crippen LogP contribution in [-0.2, 0) is 27.3 Å². The van der Waals surface area contributed by atoms with Gasteiger partial charge in [0.05, 0.1) is 20.7 Å². The molecule has 3 aromatic carbocycles. The molecule has 11 nitrogen and oxygen atoms in total. The Labute approximate surface area is 184 Å². The van der Waals surface area contributed by atoms with Crippen LogP contribution in [0.3, 0.4) is 0 Å². The third-order valence-corrected chi connectivity index (χ3v) is 7.29. The Kier molecular flexibility index (Phi) is 5.14. The Morgan fingerprint density at radius 1 is 0.906 bits per heavy atom. The molecule has 0 unspecified atom stereocenters. The Hall–Kier alpha value is -3.17. The molecule has 166 valence electrons. The molecule has 0 radical (unpaired) electrons. The molecule has 4 aromatic rings. The van der Waals surface area contributed by atoms with E-state index < -0.39 is 41.5 Å². The van der Waals surface area contributed by atoms with Gasteiger partial charge < -0.3 is 5.11 Å². The van der Waals surface area contributed by atoms with Crippen molar-refractivity contribution < 1.29 is 31.0 Å². The van der Waals surface area contributed by atoms with Gasteiger partial charge in [-0.15, -0.1) is 5.11 Å². The topological polar surface area (TPSA) is 176 Å². The molecule has 0 saturated carbocycles. The largest absolute Gasteiger partial charge is 0.505 e. The summed E-state index contributed by atoms with van der Waals surface area (Å²) < 4.78 is 67.4. The molecular weight excluding hydrogens is 482 g/mol. The van der Waals surface area contributed by atoms with Crippen molar-refractivity contribution in [3.63, 3.8) is 0 Å². The molecule has 1 aromatic heterocycles. The highest BCUT2D eigenvalue weighted by atomic mass is 32.2. The summed E-state index contributed by atoms with van der Waals surface area (Å²) in [7, 11) is -7.90. The van der Waals surface area contributed by atoms with Gasteiger partial charge in [-0.05, 0) is 47.9 Å². The van der Waals surface area contributed by atoms with Crippen LogP contribution in [0.1, 0.15) is 0 Å². The second-order valence-electron chi connectivity index (χ2n) is 6.68. The summed E-state index contributed by atoms with van der Waals surface area (Å²) in [6, 6.07) is 8.59. The lowest BCUT2D eigenvalue weighted by Gasteiger charge is -2.09. The van der Waals surface area contributed by atoms with E-state index >= 15 is 0 Å². The van der Waals surface area contributed by atoms with Gasteiger partial charge in [-0.2, -0.15) is 21.9 Å². The predicted molar refractivity (Wildman–Crippen MR) is 116 cm³/mol. The molecule has 14 heteroatoms. The summed E-state index contributed by atoms with van der Waals surface area (Å²) in [6.45, 7) is 0. The molecule has 0 aliphatic rings. The van der Waals surface area contributed by atoms with Crippen LogP contribution in [0.25, 0.3) is 20.9 Å². The predicted octanol–water partition coefficient (Wildman–Crippen LogP) is 3.37. The molecule has 0 saturated heterocycles.